The van der Waals surface area contributed by atoms with Crippen molar-refractivity contribution in [2.45, 2.75) is 33.4 Å². The Balaban J connectivity index is 1.89. The van der Waals surface area contributed by atoms with Crippen molar-refractivity contribution in [1.82, 2.24) is 19.9 Å². The minimum absolute atomic E-state index is 0.179. The number of nitrogens with zero attached hydrogens (tertiary/aromatic N) is 3. The summed E-state index contributed by atoms with van der Waals surface area (Å²) in [5.41, 5.74) is 6.85. The van der Waals surface area contributed by atoms with Crippen LogP contribution in [0.15, 0.2) is 60.9 Å². The maximum Gasteiger partial charge on any atom is 0.254 e. The molecule has 4 aromatic rings. The third-order valence-corrected chi connectivity index (χ3v) is 5.28. The first kappa shape index (κ1) is 20.8. The Morgan fingerprint density at radius 2 is 1.94 bits per heavy atom. The van der Waals surface area contributed by atoms with E-state index in [4.69, 9.17) is 9.84 Å². The van der Waals surface area contributed by atoms with Crippen LogP contribution in [-0.4, -0.2) is 27.6 Å². The van der Waals surface area contributed by atoms with Crippen molar-refractivity contribution in [1.29, 1.82) is 0 Å². The quantitative estimate of drug-likeness (QED) is 0.488. The molecule has 0 aliphatic heterocycles. The smallest absolute Gasteiger partial charge is 0.254 e. The van der Waals surface area contributed by atoms with E-state index in [2.05, 4.69) is 23.3 Å². The summed E-state index contributed by atoms with van der Waals surface area (Å²) in [4.78, 5) is 17.8. The molecule has 0 unspecified atom stereocenters. The number of carbonyl (C=O) groups is 1. The Morgan fingerprint density at radius 3 is 2.65 bits per heavy atom. The first-order valence-electron chi connectivity index (χ1n) is 10.4. The summed E-state index contributed by atoms with van der Waals surface area (Å²) >= 11 is 0. The zero-order valence-corrected chi connectivity index (χ0v) is 18.1. The molecule has 6 heteroatoms. The number of methoxy groups -OCH3 is 1. The number of aromatic nitrogens is 3. The van der Waals surface area contributed by atoms with E-state index in [1.165, 1.54) is 0 Å². The van der Waals surface area contributed by atoms with Crippen molar-refractivity contribution in [3.05, 3.63) is 89.0 Å². The number of pyridine rings is 1. The van der Waals surface area contributed by atoms with Gasteiger partial charge in [-0.05, 0) is 42.7 Å². The van der Waals surface area contributed by atoms with Crippen LogP contribution in [0.5, 0.6) is 0 Å². The average molecular weight is 415 g/mol. The molecule has 0 aliphatic rings. The number of rotatable bonds is 7. The molecule has 0 fully saturated rings. The lowest BCUT2D eigenvalue weighted by molar-refractivity contribution is 0.0945. The van der Waals surface area contributed by atoms with Crippen LogP contribution in [0.25, 0.3) is 16.6 Å². The van der Waals surface area contributed by atoms with Crippen molar-refractivity contribution < 1.29 is 9.53 Å². The molecule has 0 saturated carbocycles. The number of carbonyl (C=O) groups excluding carboxylic acids is 1. The fraction of sp³-hybridized carbons (Fsp3) is 0.240. The van der Waals surface area contributed by atoms with Gasteiger partial charge in [0.2, 0.25) is 0 Å². The molecular formula is C25H26N4O2. The normalized spacial score (nSPS) is 11.1. The Kier molecular flexibility index (Phi) is 6.09. The van der Waals surface area contributed by atoms with Crippen LogP contribution in [0.1, 0.15) is 39.8 Å². The summed E-state index contributed by atoms with van der Waals surface area (Å²) in [7, 11) is 1.61. The minimum atomic E-state index is -0.179. The highest BCUT2D eigenvalue weighted by atomic mass is 16.5. The van der Waals surface area contributed by atoms with Crippen LogP contribution < -0.4 is 5.32 Å². The number of nitrogens with one attached hydrogen (secondary N) is 1. The molecule has 1 aromatic carbocycles. The SMILES string of the molecule is CCc1ccc2c(-c3cncc(C)c3)c(C(=O)NCc3ccccc3)c(COC)nn12. The number of ether oxygens (including phenoxy) is 1. The van der Waals surface area contributed by atoms with E-state index in [1.54, 1.807) is 13.3 Å². The van der Waals surface area contributed by atoms with Crippen LogP contribution in [-0.2, 0) is 24.3 Å². The first-order valence-corrected chi connectivity index (χ1v) is 10.4. The molecule has 1 N–H and O–H groups in total. The fourth-order valence-electron chi connectivity index (χ4n) is 3.82. The van der Waals surface area contributed by atoms with Crippen molar-refractivity contribution in [3.8, 4) is 11.1 Å². The van der Waals surface area contributed by atoms with Gasteiger partial charge in [0.25, 0.3) is 5.91 Å². The molecule has 0 aliphatic carbocycles. The van der Waals surface area contributed by atoms with Gasteiger partial charge in [-0.1, -0.05) is 37.3 Å². The molecule has 0 saturated heterocycles. The number of fused-ring (bicyclic) bond motifs is 1. The summed E-state index contributed by atoms with van der Waals surface area (Å²) in [5.74, 6) is -0.179. The zero-order chi connectivity index (χ0) is 21.8. The van der Waals surface area contributed by atoms with E-state index in [-0.39, 0.29) is 12.5 Å². The van der Waals surface area contributed by atoms with Crippen LogP contribution in [0, 0.1) is 6.92 Å². The highest BCUT2D eigenvalue weighted by molar-refractivity contribution is 6.05. The van der Waals surface area contributed by atoms with Gasteiger partial charge in [0.05, 0.1) is 17.7 Å². The molecule has 0 spiro atoms. The monoisotopic (exact) mass is 414 g/mol. The van der Waals surface area contributed by atoms with Gasteiger partial charge in [-0.2, -0.15) is 5.10 Å². The molecule has 0 radical (unpaired) electrons. The molecule has 31 heavy (non-hydrogen) atoms. The van der Waals surface area contributed by atoms with E-state index in [1.807, 2.05) is 60.1 Å². The molecular weight excluding hydrogens is 388 g/mol. The second-order valence-corrected chi connectivity index (χ2v) is 7.52. The van der Waals surface area contributed by atoms with Crippen molar-refractivity contribution in [2.24, 2.45) is 0 Å². The van der Waals surface area contributed by atoms with Crippen LogP contribution in [0.2, 0.25) is 0 Å². The number of benzene rings is 1. The standard InChI is InChI=1S/C25H26N4O2/c1-4-20-10-11-22-23(19-12-17(2)13-26-15-19)24(21(16-31-3)28-29(20)22)25(30)27-14-18-8-6-5-7-9-18/h5-13,15H,4,14,16H2,1-3H3,(H,27,30). The van der Waals surface area contributed by atoms with Crippen LogP contribution in [0.3, 0.4) is 0 Å². The summed E-state index contributed by atoms with van der Waals surface area (Å²) in [5, 5.41) is 7.85. The van der Waals surface area contributed by atoms with E-state index < -0.39 is 0 Å². The van der Waals surface area contributed by atoms with Gasteiger partial charge in [-0.15, -0.1) is 0 Å². The summed E-state index contributed by atoms with van der Waals surface area (Å²) in [6.07, 6.45) is 4.44. The third-order valence-electron chi connectivity index (χ3n) is 5.28. The topological polar surface area (TPSA) is 68.5 Å². The largest absolute Gasteiger partial charge is 0.378 e. The van der Waals surface area contributed by atoms with E-state index in [0.717, 1.165) is 39.9 Å². The molecule has 1 amide bonds. The lowest BCUT2D eigenvalue weighted by atomic mass is 9.98. The molecule has 0 atom stereocenters. The maximum atomic E-state index is 13.5. The van der Waals surface area contributed by atoms with Gasteiger partial charge in [-0.25, -0.2) is 4.52 Å². The number of aryl methyl sites for hydroxylation is 2. The lowest BCUT2D eigenvalue weighted by Gasteiger charge is -2.17. The van der Waals surface area contributed by atoms with Gasteiger partial charge in [-0.3, -0.25) is 9.78 Å². The summed E-state index contributed by atoms with van der Waals surface area (Å²) in [6.45, 7) is 4.76. The molecule has 4 rings (SSSR count). The molecule has 158 valence electrons. The lowest BCUT2D eigenvalue weighted by Crippen LogP contribution is -2.26. The summed E-state index contributed by atoms with van der Waals surface area (Å²) in [6, 6.07) is 16.0. The second kappa shape index (κ2) is 9.10. The van der Waals surface area contributed by atoms with Crippen molar-refractivity contribution >= 4 is 11.4 Å². The predicted octanol–water partition coefficient (Wildman–Crippen LogP) is 4.34. The molecule has 3 heterocycles. The Labute approximate surface area is 181 Å². The average Bonchev–Trinajstić information content (AvgIpc) is 3.20. The predicted molar refractivity (Wildman–Crippen MR) is 121 cm³/mol. The van der Waals surface area contributed by atoms with Gasteiger partial charge >= 0.3 is 0 Å². The minimum Gasteiger partial charge on any atom is -0.378 e. The number of hydrogen-bond acceptors (Lipinski definition) is 4. The van der Waals surface area contributed by atoms with E-state index in [9.17, 15) is 4.79 Å². The van der Waals surface area contributed by atoms with Gasteiger partial charge in [0.1, 0.15) is 5.69 Å². The van der Waals surface area contributed by atoms with Crippen LogP contribution >= 0.6 is 0 Å². The first-order chi connectivity index (χ1) is 15.1. The highest BCUT2D eigenvalue weighted by Gasteiger charge is 2.24. The Hall–Kier alpha value is -3.51. The van der Waals surface area contributed by atoms with E-state index >= 15 is 0 Å². The summed E-state index contributed by atoms with van der Waals surface area (Å²) < 4.78 is 7.34. The van der Waals surface area contributed by atoms with Gasteiger partial charge in [0, 0.05) is 42.9 Å². The fourth-order valence-corrected chi connectivity index (χ4v) is 3.82. The van der Waals surface area contributed by atoms with Gasteiger partial charge in [0.15, 0.2) is 0 Å². The zero-order valence-electron chi connectivity index (χ0n) is 18.1. The molecule has 3 aromatic heterocycles. The number of amides is 1. The second-order valence-electron chi connectivity index (χ2n) is 7.52. The highest BCUT2D eigenvalue weighted by Crippen LogP contribution is 2.32. The van der Waals surface area contributed by atoms with Gasteiger partial charge < -0.3 is 10.1 Å². The van der Waals surface area contributed by atoms with Crippen molar-refractivity contribution in [2.75, 3.05) is 7.11 Å². The maximum absolute atomic E-state index is 13.5. The third kappa shape index (κ3) is 4.20. The number of hydrogen-bond donors (Lipinski definition) is 1. The molecule has 0 bridgehead atoms. The van der Waals surface area contributed by atoms with E-state index in [0.29, 0.717) is 17.8 Å². The van der Waals surface area contributed by atoms with Crippen LogP contribution in [0.4, 0.5) is 0 Å². The molecule has 6 nitrogen and oxygen atoms in total. The van der Waals surface area contributed by atoms with Crippen molar-refractivity contribution in [3.63, 3.8) is 0 Å². The Morgan fingerprint density at radius 1 is 1.13 bits per heavy atom. The Bertz CT molecular complexity index is 1220.